The average Bonchev–Trinajstić information content (AvgIpc) is 2.22. The number of hydrazine groups is 1. The summed E-state index contributed by atoms with van der Waals surface area (Å²) in [5, 5.41) is 0.625. The molecular formula is C11H17ClN2O. The van der Waals surface area contributed by atoms with Gasteiger partial charge in [0.15, 0.2) is 0 Å². The molecule has 0 spiro atoms. The Kier molecular flexibility index (Phi) is 4.39. The summed E-state index contributed by atoms with van der Waals surface area (Å²) < 4.78 is 5.40. The van der Waals surface area contributed by atoms with Crippen molar-refractivity contribution in [3.05, 3.63) is 28.3 Å². The molecular weight excluding hydrogens is 212 g/mol. The molecule has 0 aliphatic carbocycles. The summed E-state index contributed by atoms with van der Waals surface area (Å²) in [6.45, 7) is 6.55. The third-order valence-corrected chi connectivity index (χ3v) is 2.63. The molecule has 1 aromatic rings. The molecule has 0 fully saturated rings. The van der Waals surface area contributed by atoms with Crippen LogP contribution in [0.4, 0.5) is 0 Å². The highest BCUT2D eigenvalue weighted by atomic mass is 35.5. The first kappa shape index (κ1) is 12.3. The van der Waals surface area contributed by atoms with Crippen molar-refractivity contribution in [3.63, 3.8) is 0 Å². The summed E-state index contributed by atoms with van der Waals surface area (Å²) in [7, 11) is 0. The number of halogens is 1. The van der Waals surface area contributed by atoms with E-state index in [1.54, 1.807) is 0 Å². The van der Waals surface area contributed by atoms with Gasteiger partial charge in [-0.2, -0.15) is 0 Å². The van der Waals surface area contributed by atoms with Crippen LogP contribution in [0.2, 0.25) is 5.02 Å². The van der Waals surface area contributed by atoms with Crippen LogP contribution in [0.25, 0.3) is 0 Å². The summed E-state index contributed by atoms with van der Waals surface area (Å²) >= 11 is 6.09. The van der Waals surface area contributed by atoms with Gasteiger partial charge in [0.05, 0.1) is 11.6 Å². The SMILES string of the molecule is CCOc1cc(C)c(C(C)NN)cc1Cl. The van der Waals surface area contributed by atoms with Crippen molar-refractivity contribution in [1.29, 1.82) is 0 Å². The lowest BCUT2D eigenvalue weighted by atomic mass is 10.0. The van der Waals surface area contributed by atoms with Crippen LogP contribution >= 0.6 is 11.6 Å². The Labute approximate surface area is 95.5 Å². The zero-order chi connectivity index (χ0) is 11.4. The lowest BCUT2D eigenvalue weighted by Gasteiger charge is -2.16. The summed E-state index contributed by atoms with van der Waals surface area (Å²) in [5.41, 5.74) is 4.91. The quantitative estimate of drug-likeness (QED) is 0.615. The predicted molar refractivity (Wildman–Crippen MR) is 63.1 cm³/mol. The van der Waals surface area contributed by atoms with Crippen LogP contribution in [0.15, 0.2) is 12.1 Å². The topological polar surface area (TPSA) is 47.3 Å². The maximum atomic E-state index is 6.09. The van der Waals surface area contributed by atoms with Crippen molar-refractivity contribution in [2.24, 2.45) is 5.84 Å². The highest BCUT2D eigenvalue weighted by Crippen LogP contribution is 2.30. The zero-order valence-corrected chi connectivity index (χ0v) is 10.1. The van der Waals surface area contributed by atoms with E-state index in [-0.39, 0.29) is 6.04 Å². The van der Waals surface area contributed by atoms with Crippen LogP contribution in [-0.2, 0) is 0 Å². The molecule has 15 heavy (non-hydrogen) atoms. The second kappa shape index (κ2) is 5.35. The molecule has 0 bridgehead atoms. The van der Waals surface area contributed by atoms with Crippen LogP contribution in [-0.4, -0.2) is 6.61 Å². The van der Waals surface area contributed by atoms with E-state index in [4.69, 9.17) is 22.2 Å². The first-order valence-electron chi connectivity index (χ1n) is 4.99. The van der Waals surface area contributed by atoms with Crippen molar-refractivity contribution in [1.82, 2.24) is 5.43 Å². The first-order valence-corrected chi connectivity index (χ1v) is 5.36. The second-order valence-corrected chi connectivity index (χ2v) is 3.87. The lowest BCUT2D eigenvalue weighted by molar-refractivity contribution is 0.340. The van der Waals surface area contributed by atoms with E-state index in [0.29, 0.717) is 11.6 Å². The van der Waals surface area contributed by atoms with E-state index in [1.165, 1.54) is 0 Å². The molecule has 3 nitrogen and oxygen atoms in total. The molecule has 0 radical (unpaired) electrons. The molecule has 0 aliphatic rings. The fourth-order valence-electron chi connectivity index (χ4n) is 1.49. The highest BCUT2D eigenvalue weighted by molar-refractivity contribution is 6.32. The van der Waals surface area contributed by atoms with Gasteiger partial charge in [0, 0.05) is 6.04 Å². The van der Waals surface area contributed by atoms with E-state index < -0.39 is 0 Å². The summed E-state index contributed by atoms with van der Waals surface area (Å²) in [6.07, 6.45) is 0. The lowest BCUT2D eigenvalue weighted by Crippen LogP contribution is -2.26. The van der Waals surface area contributed by atoms with E-state index >= 15 is 0 Å². The standard InChI is InChI=1S/C11H17ClN2O/c1-4-15-11-5-7(2)9(6-10(11)12)8(3)14-13/h5-6,8,14H,4,13H2,1-3H3. The van der Waals surface area contributed by atoms with Crippen molar-refractivity contribution in [2.75, 3.05) is 6.61 Å². The van der Waals surface area contributed by atoms with Crippen molar-refractivity contribution in [2.45, 2.75) is 26.8 Å². The van der Waals surface area contributed by atoms with Gasteiger partial charge in [0.1, 0.15) is 5.75 Å². The molecule has 0 saturated heterocycles. The summed E-state index contributed by atoms with van der Waals surface area (Å²) in [5.74, 6) is 6.12. The Morgan fingerprint density at radius 3 is 2.73 bits per heavy atom. The fraction of sp³-hybridized carbons (Fsp3) is 0.455. The maximum absolute atomic E-state index is 6.09. The Morgan fingerprint density at radius 2 is 2.20 bits per heavy atom. The molecule has 84 valence electrons. The van der Waals surface area contributed by atoms with E-state index in [9.17, 15) is 0 Å². The smallest absolute Gasteiger partial charge is 0.138 e. The minimum atomic E-state index is 0.0816. The number of rotatable bonds is 4. The van der Waals surface area contributed by atoms with E-state index in [0.717, 1.165) is 16.9 Å². The number of aryl methyl sites for hydroxylation is 1. The number of nitrogens with one attached hydrogen (secondary N) is 1. The minimum absolute atomic E-state index is 0.0816. The first-order chi connectivity index (χ1) is 7.10. The van der Waals surface area contributed by atoms with Crippen LogP contribution < -0.4 is 16.0 Å². The van der Waals surface area contributed by atoms with Crippen molar-refractivity contribution in [3.8, 4) is 5.75 Å². The van der Waals surface area contributed by atoms with Gasteiger partial charge in [-0.15, -0.1) is 0 Å². The zero-order valence-electron chi connectivity index (χ0n) is 9.30. The van der Waals surface area contributed by atoms with Gasteiger partial charge >= 0.3 is 0 Å². The third-order valence-electron chi connectivity index (χ3n) is 2.34. The minimum Gasteiger partial charge on any atom is -0.492 e. The molecule has 1 atom stereocenters. The van der Waals surface area contributed by atoms with Crippen LogP contribution in [0.3, 0.4) is 0 Å². The maximum Gasteiger partial charge on any atom is 0.138 e. The van der Waals surface area contributed by atoms with Crippen LogP contribution in [0.5, 0.6) is 5.75 Å². The molecule has 4 heteroatoms. The Balaban J connectivity index is 3.07. The van der Waals surface area contributed by atoms with Gasteiger partial charge < -0.3 is 4.74 Å². The molecule has 1 unspecified atom stereocenters. The van der Waals surface area contributed by atoms with E-state index in [2.05, 4.69) is 5.43 Å². The van der Waals surface area contributed by atoms with E-state index in [1.807, 2.05) is 32.9 Å². The molecule has 0 saturated carbocycles. The van der Waals surface area contributed by atoms with Crippen molar-refractivity contribution >= 4 is 11.6 Å². The van der Waals surface area contributed by atoms with Gasteiger partial charge in [-0.25, -0.2) is 0 Å². The fourth-order valence-corrected chi connectivity index (χ4v) is 1.72. The second-order valence-electron chi connectivity index (χ2n) is 3.46. The van der Waals surface area contributed by atoms with Gasteiger partial charge in [-0.05, 0) is 44.0 Å². The van der Waals surface area contributed by atoms with Gasteiger partial charge in [0.25, 0.3) is 0 Å². The molecule has 0 amide bonds. The molecule has 1 rings (SSSR count). The number of ether oxygens (including phenoxy) is 1. The summed E-state index contributed by atoms with van der Waals surface area (Å²) in [6, 6.07) is 3.92. The molecule has 0 heterocycles. The normalized spacial score (nSPS) is 12.6. The van der Waals surface area contributed by atoms with Gasteiger partial charge in [-0.1, -0.05) is 11.6 Å². The molecule has 3 N–H and O–H groups in total. The molecule has 1 aromatic carbocycles. The van der Waals surface area contributed by atoms with Crippen molar-refractivity contribution < 1.29 is 4.74 Å². The number of hydrogen-bond donors (Lipinski definition) is 2. The van der Waals surface area contributed by atoms with Gasteiger partial charge in [-0.3, -0.25) is 11.3 Å². The van der Waals surface area contributed by atoms with Crippen LogP contribution in [0, 0.1) is 6.92 Å². The Morgan fingerprint density at radius 1 is 1.53 bits per heavy atom. The average molecular weight is 229 g/mol. The van der Waals surface area contributed by atoms with Crippen LogP contribution in [0.1, 0.15) is 31.0 Å². The monoisotopic (exact) mass is 228 g/mol. The molecule has 0 aromatic heterocycles. The largest absolute Gasteiger partial charge is 0.492 e. The third kappa shape index (κ3) is 2.84. The Bertz CT molecular complexity index is 342. The molecule has 0 aliphatic heterocycles. The number of benzene rings is 1. The predicted octanol–water partition coefficient (Wildman–Crippen LogP) is 2.57. The van der Waals surface area contributed by atoms with Gasteiger partial charge in [0.2, 0.25) is 0 Å². The Hall–Kier alpha value is -0.770. The number of nitrogens with two attached hydrogens (primary N) is 1. The number of hydrogen-bond acceptors (Lipinski definition) is 3. The summed E-state index contributed by atoms with van der Waals surface area (Å²) in [4.78, 5) is 0. The highest BCUT2D eigenvalue weighted by Gasteiger charge is 2.11.